The SMILES string of the molecule is O=C(NC1CCCNC1)c1[nH]nc2nc(OC3CCCCC3)ccc12. The molecule has 7 nitrogen and oxygen atoms in total. The number of pyridine rings is 1. The van der Waals surface area contributed by atoms with E-state index < -0.39 is 0 Å². The molecule has 1 aliphatic heterocycles. The number of aromatic amines is 1. The van der Waals surface area contributed by atoms with Crippen LogP contribution in [0.25, 0.3) is 11.0 Å². The summed E-state index contributed by atoms with van der Waals surface area (Å²) in [6.45, 7) is 1.84. The van der Waals surface area contributed by atoms with Crippen molar-refractivity contribution in [2.45, 2.75) is 57.1 Å². The van der Waals surface area contributed by atoms with Gasteiger partial charge in [-0.2, -0.15) is 10.1 Å². The van der Waals surface area contributed by atoms with E-state index in [9.17, 15) is 4.79 Å². The first-order chi connectivity index (χ1) is 12.3. The molecular formula is C18H25N5O2. The number of ether oxygens (including phenoxy) is 1. The highest BCUT2D eigenvalue weighted by atomic mass is 16.5. The Morgan fingerprint density at radius 1 is 1.16 bits per heavy atom. The number of fused-ring (bicyclic) bond motifs is 1. The molecule has 1 saturated heterocycles. The summed E-state index contributed by atoms with van der Waals surface area (Å²) in [6.07, 6.45) is 8.23. The molecule has 0 radical (unpaired) electrons. The molecule has 4 rings (SSSR count). The second-order valence-electron chi connectivity index (χ2n) is 7.01. The number of hydrogen-bond acceptors (Lipinski definition) is 5. The van der Waals surface area contributed by atoms with Crippen LogP contribution in [0.3, 0.4) is 0 Å². The van der Waals surface area contributed by atoms with Crippen molar-refractivity contribution in [2.75, 3.05) is 13.1 Å². The van der Waals surface area contributed by atoms with E-state index in [0.29, 0.717) is 17.2 Å². The first-order valence-corrected chi connectivity index (χ1v) is 9.33. The van der Waals surface area contributed by atoms with E-state index in [4.69, 9.17) is 4.74 Å². The molecule has 134 valence electrons. The average molecular weight is 343 g/mol. The predicted molar refractivity (Wildman–Crippen MR) is 94.7 cm³/mol. The van der Waals surface area contributed by atoms with Gasteiger partial charge < -0.3 is 15.4 Å². The van der Waals surface area contributed by atoms with Crippen molar-refractivity contribution in [2.24, 2.45) is 0 Å². The quantitative estimate of drug-likeness (QED) is 0.791. The first kappa shape index (κ1) is 16.3. The van der Waals surface area contributed by atoms with Crippen molar-refractivity contribution in [3.05, 3.63) is 17.8 Å². The average Bonchev–Trinajstić information content (AvgIpc) is 3.07. The minimum Gasteiger partial charge on any atom is -0.474 e. The molecule has 3 N–H and O–H groups in total. The Kier molecular flexibility index (Phi) is 4.83. The zero-order chi connectivity index (χ0) is 17.1. The summed E-state index contributed by atoms with van der Waals surface area (Å²) < 4.78 is 5.98. The van der Waals surface area contributed by atoms with E-state index in [1.807, 2.05) is 12.1 Å². The van der Waals surface area contributed by atoms with Crippen LogP contribution in [0.15, 0.2) is 12.1 Å². The molecule has 7 heteroatoms. The normalized spacial score (nSPS) is 22.0. The number of H-pyrrole nitrogens is 1. The Morgan fingerprint density at radius 2 is 2.04 bits per heavy atom. The van der Waals surface area contributed by atoms with E-state index in [-0.39, 0.29) is 18.1 Å². The summed E-state index contributed by atoms with van der Waals surface area (Å²) >= 11 is 0. The minimum absolute atomic E-state index is 0.126. The number of amides is 1. The summed E-state index contributed by atoms with van der Waals surface area (Å²) in [5, 5.41) is 14.1. The van der Waals surface area contributed by atoms with Crippen molar-refractivity contribution >= 4 is 16.9 Å². The molecule has 1 amide bonds. The van der Waals surface area contributed by atoms with Crippen molar-refractivity contribution < 1.29 is 9.53 Å². The van der Waals surface area contributed by atoms with E-state index in [1.165, 1.54) is 19.3 Å². The fourth-order valence-electron chi connectivity index (χ4n) is 3.71. The zero-order valence-corrected chi connectivity index (χ0v) is 14.4. The molecule has 1 unspecified atom stereocenters. The molecule has 0 bridgehead atoms. The third-order valence-electron chi connectivity index (χ3n) is 5.09. The van der Waals surface area contributed by atoms with Gasteiger partial charge in [0.05, 0.1) is 5.39 Å². The van der Waals surface area contributed by atoms with Crippen LogP contribution in [-0.2, 0) is 0 Å². The van der Waals surface area contributed by atoms with E-state index in [1.54, 1.807) is 0 Å². The second-order valence-corrected chi connectivity index (χ2v) is 7.01. The van der Waals surface area contributed by atoms with Gasteiger partial charge in [-0.1, -0.05) is 6.42 Å². The van der Waals surface area contributed by atoms with Crippen LogP contribution in [0.4, 0.5) is 0 Å². The fourth-order valence-corrected chi connectivity index (χ4v) is 3.71. The Morgan fingerprint density at radius 3 is 2.84 bits per heavy atom. The number of nitrogens with zero attached hydrogens (tertiary/aromatic N) is 2. The van der Waals surface area contributed by atoms with Crippen LogP contribution >= 0.6 is 0 Å². The van der Waals surface area contributed by atoms with Crippen molar-refractivity contribution in [1.29, 1.82) is 0 Å². The third-order valence-corrected chi connectivity index (χ3v) is 5.09. The lowest BCUT2D eigenvalue weighted by atomic mass is 9.98. The summed E-state index contributed by atoms with van der Waals surface area (Å²) in [4.78, 5) is 17.0. The van der Waals surface area contributed by atoms with Gasteiger partial charge in [-0.05, 0) is 51.1 Å². The van der Waals surface area contributed by atoms with Crippen LogP contribution in [0.5, 0.6) is 5.88 Å². The fraction of sp³-hybridized carbons (Fsp3) is 0.611. The predicted octanol–water partition coefficient (Wildman–Crippen LogP) is 2.15. The highest BCUT2D eigenvalue weighted by molar-refractivity contribution is 6.04. The molecular weight excluding hydrogens is 318 g/mol. The van der Waals surface area contributed by atoms with Crippen LogP contribution < -0.4 is 15.4 Å². The molecule has 2 aliphatic rings. The molecule has 3 heterocycles. The Bertz CT molecular complexity index is 732. The summed E-state index contributed by atoms with van der Waals surface area (Å²) in [6, 6.07) is 3.88. The largest absolute Gasteiger partial charge is 0.474 e. The smallest absolute Gasteiger partial charge is 0.270 e. The number of hydrogen-bond donors (Lipinski definition) is 3. The minimum atomic E-state index is -0.126. The highest BCUT2D eigenvalue weighted by Gasteiger charge is 2.21. The van der Waals surface area contributed by atoms with Crippen LogP contribution in [-0.4, -0.2) is 46.3 Å². The molecule has 1 saturated carbocycles. The maximum atomic E-state index is 12.5. The number of carbonyl (C=O) groups is 1. The van der Waals surface area contributed by atoms with Crippen molar-refractivity contribution in [3.63, 3.8) is 0 Å². The van der Waals surface area contributed by atoms with Crippen LogP contribution in [0, 0.1) is 0 Å². The third kappa shape index (κ3) is 3.76. The monoisotopic (exact) mass is 343 g/mol. The number of carbonyl (C=O) groups excluding carboxylic acids is 1. The highest BCUT2D eigenvalue weighted by Crippen LogP contribution is 2.24. The summed E-state index contributed by atoms with van der Waals surface area (Å²) in [5.74, 6) is 0.466. The van der Waals surface area contributed by atoms with E-state index >= 15 is 0 Å². The molecule has 0 aromatic carbocycles. The second kappa shape index (κ2) is 7.39. The van der Waals surface area contributed by atoms with Crippen molar-refractivity contribution in [1.82, 2.24) is 25.8 Å². The number of nitrogens with one attached hydrogen (secondary N) is 3. The molecule has 1 aliphatic carbocycles. The van der Waals surface area contributed by atoms with Gasteiger partial charge in [0.2, 0.25) is 5.88 Å². The van der Waals surface area contributed by atoms with Crippen molar-refractivity contribution in [3.8, 4) is 5.88 Å². The molecule has 2 aromatic heterocycles. The van der Waals surface area contributed by atoms with Gasteiger partial charge in [0, 0.05) is 18.7 Å². The van der Waals surface area contributed by atoms with Crippen LogP contribution in [0.2, 0.25) is 0 Å². The van der Waals surface area contributed by atoms with Gasteiger partial charge in [-0.15, -0.1) is 0 Å². The summed E-state index contributed by atoms with van der Waals surface area (Å²) in [5.41, 5.74) is 0.998. The van der Waals surface area contributed by atoms with E-state index in [2.05, 4.69) is 25.8 Å². The first-order valence-electron chi connectivity index (χ1n) is 9.33. The lowest BCUT2D eigenvalue weighted by molar-refractivity contribution is 0.0927. The number of piperidine rings is 1. The molecule has 1 atom stereocenters. The Labute approximate surface area is 146 Å². The standard InChI is InChI=1S/C18H25N5O2/c24-18(20-12-5-4-10-19-11-12)16-14-8-9-15(21-17(14)23-22-16)25-13-6-2-1-3-7-13/h8-9,12-13,19H,1-7,10-11H2,(H,20,24)(H,21,22,23). The van der Waals surface area contributed by atoms with E-state index in [0.717, 1.165) is 44.2 Å². The maximum Gasteiger partial charge on any atom is 0.270 e. The van der Waals surface area contributed by atoms with Gasteiger partial charge in [0.25, 0.3) is 5.91 Å². The molecule has 2 aromatic rings. The number of rotatable bonds is 4. The molecule has 2 fully saturated rings. The lowest BCUT2D eigenvalue weighted by Crippen LogP contribution is -2.45. The van der Waals surface area contributed by atoms with Gasteiger partial charge >= 0.3 is 0 Å². The lowest BCUT2D eigenvalue weighted by Gasteiger charge is -2.23. The number of aromatic nitrogens is 3. The van der Waals surface area contributed by atoms with Gasteiger partial charge in [-0.3, -0.25) is 9.89 Å². The molecule has 25 heavy (non-hydrogen) atoms. The van der Waals surface area contributed by atoms with Gasteiger partial charge in [0.15, 0.2) is 5.65 Å². The summed E-state index contributed by atoms with van der Waals surface area (Å²) in [7, 11) is 0. The van der Waals surface area contributed by atoms with Gasteiger partial charge in [0.1, 0.15) is 11.8 Å². The maximum absolute atomic E-state index is 12.5. The topological polar surface area (TPSA) is 91.9 Å². The zero-order valence-electron chi connectivity index (χ0n) is 14.4. The van der Waals surface area contributed by atoms with Crippen LogP contribution in [0.1, 0.15) is 55.4 Å². The Balaban J connectivity index is 1.46. The van der Waals surface area contributed by atoms with Gasteiger partial charge in [-0.25, -0.2) is 0 Å². The Hall–Kier alpha value is -2.15. The molecule has 0 spiro atoms.